The van der Waals surface area contributed by atoms with Crippen molar-refractivity contribution in [1.29, 1.82) is 0 Å². The molecule has 3 nitrogen and oxygen atoms in total. The number of hydrogen-bond acceptors (Lipinski definition) is 3. The van der Waals surface area contributed by atoms with Gasteiger partial charge in [-0.2, -0.15) is 0 Å². The molecule has 0 amide bonds. The Morgan fingerprint density at radius 1 is 1.04 bits per heavy atom. The van der Waals surface area contributed by atoms with Crippen LogP contribution in [0.15, 0.2) is 60.7 Å². The van der Waals surface area contributed by atoms with E-state index in [0.717, 1.165) is 35.5 Å². The van der Waals surface area contributed by atoms with Crippen molar-refractivity contribution in [1.82, 2.24) is 0 Å². The van der Waals surface area contributed by atoms with Gasteiger partial charge in [0.15, 0.2) is 0 Å². The van der Waals surface area contributed by atoms with Crippen LogP contribution in [-0.2, 0) is 12.0 Å². The van der Waals surface area contributed by atoms with Gasteiger partial charge in [-0.05, 0) is 85.0 Å². The highest BCUT2D eigenvalue weighted by Crippen LogP contribution is 2.45. The first-order chi connectivity index (χ1) is 13.4. The van der Waals surface area contributed by atoms with Crippen LogP contribution in [0, 0.1) is 12.7 Å². The summed E-state index contributed by atoms with van der Waals surface area (Å²) in [6.45, 7) is 4.93. The van der Waals surface area contributed by atoms with Gasteiger partial charge in [-0.15, -0.1) is 0 Å². The van der Waals surface area contributed by atoms with Crippen LogP contribution in [0.5, 0.6) is 11.5 Å². The first kappa shape index (κ1) is 18.4. The molecule has 4 rings (SSSR count). The van der Waals surface area contributed by atoms with E-state index in [2.05, 4.69) is 24.0 Å². The Balaban J connectivity index is 1.94. The molecule has 0 aliphatic carbocycles. The van der Waals surface area contributed by atoms with Crippen molar-refractivity contribution in [3.63, 3.8) is 0 Å². The number of methoxy groups -OCH3 is 1. The molecule has 1 N–H and O–H groups in total. The van der Waals surface area contributed by atoms with Crippen LogP contribution in [0.25, 0.3) is 0 Å². The van der Waals surface area contributed by atoms with Crippen LogP contribution >= 0.6 is 0 Å². The van der Waals surface area contributed by atoms with E-state index >= 15 is 0 Å². The number of aromatic hydroxyl groups is 1. The van der Waals surface area contributed by atoms with Crippen molar-refractivity contribution in [3.05, 3.63) is 88.7 Å². The average Bonchev–Trinajstić information content (AvgIpc) is 2.69. The summed E-state index contributed by atoms with van der Waals surface area (Å²) in [6, 6.07) is 18.5. The van der Waals surface area contributed by atoms with Gasteiger partial charge >= 0.3 is 0 Å². The summed E-state index contributed by atoms with van der Waals surface area (Å²) in [4.78, 5) is 2.34. The zero-order valence-electron chi connectivity index (χ0n) is 16.4. The fourth-order valence-corrected chi connectivity index (χ4v) is 4.36. The highest BCUT2D eigenvalue weighted by atomic mass is 19.1. The molecule has 0 saturated carbocycles. The maximum atomic E-state index is 13.7. The predicted molar refractivity (Wildman–Crippen MR) is 110 cm³/mol. The summed E-state index contributed by atoms with van der Waals surface area (Å²) in [5, 5.41) is 9.79. The second-order valence-corrected chi connectivity index (χ2v) is 7.47. The third-order valence-electron chi connectivity index (χ3n) is 5.86. The lowest BCUT2D eigenvalue weighted by Crippen LogP contribution is -2.50. The predicted octanol–water partition coefficient (Wildman–Crippen LogP) is 5.17. The molecule has 0 radical (unpaired) electrons. The molecule has 144 valence electrons. The summed E-state index contributed by atoms with van der Waals surface area (Å²) in [7, 11) is 1.68. The molecule has 0 bridgehead atoms. The van der Waals surface area contributed by atoms with E-state index in [4.69, 9.17) is 4.74 Å². The molecule has 0 spiro atoms. The number of rotatable bonds is 3. The molecular formula is C24H24FNO2. The Labute approximate surface area is 165 Å². The summed E-state index contributed by atoms with van der Waals surface area (Å²) in [5.41, 5.74) is 4.95. The van der Waals surface area contributed by atoms with Crippen molar-refractivity contribution in [2.45, 2.75) is 25.8 Å². The van der Waals surface area contributed by atoms with Crippen LogP contribution in [0.3, 0.4) is 0 Å². The Morgan fingerprint density at radius 3 is 2.46 bits per heavy atom. The standard InChI is InChI=1S/C24H24FNO2/c1-16-14-19(25)6-11-23(16)26-13-12-17-15-21(28-3)9-10-22(17)24(26,2)18-4-7-20(27)8-5-18/h4-11,14-15,27H,12-13H2,1-3H3. The lowest BCUT2D eigenvalue weighted by Gasteiger charge is -2.48. The quantitative estimate of drug-likeness (QED) is 0.683. The minimum Gasteiger partial charge on any atom is -0.508 e. The Bertz CT molecular complexity index is 1020. The van der Waals surface area contributed by atoms with Crippen molar-refractivity contribution >= 4 is 5.69 Å². The summed E-state index contributed by atoms with van der Waals surface area (Å²) >= 11 is 0. The first-order valence-corrected chi connectivity index (χ1v) is 9.44. The molecule has 3 aromatic carbocycles. The number of benzene rings is 3. The molecule has 1 atom stereocenters. The Morgan fingerprint density at radius 2 is 1.79 bits per heavy atom. The molecule has 28 heavy (non-hydrogen) atoms. The molecule has 0 fully saturated rings. The number of phenols is 1. The van der Waals surface area contributed by atoms with Gasteiger partial charge in [-0.25, -0.2) is 4.39 Å². The van der Waals surface area contributed by atoms with E-state index in [1.54, 1.807) is 25.3 Å². The fraction of sp³-hybridized carbons (Fsp3) is 0.250. The van der Waals surface area contributed by atoms with E-state index < -0.39 is 5.54 Å². The molecule has 1 aliphatic rings. The van der Waals surface area contributed by atoms with Gasteiger partial charge in [0, 0.05) is 12.2 Å². The topological polar surface area (TPSA) is 32.7 Å². The highest BCUT2D eigenvalue weighted by Gasteiger charge is 2.41. The molecule has 0 saturated heterocycles. The lowest BCUT2D eigenvalue weighted by atomic mass is 9.76. The van der Waals surface area contributed by atoms with E-state index in [1.807, 2.05) is 31.2 Å². The molecule has 1 heterocycles. The number of aryl methyl sites for hydroxylation is 1. The summed E-state index contributed by atoms with van der Waals surface area (Å²) in [6.07, 6.45) is 0.872. The smallest absolute Gasteiger partial charge is 0.123 e. The average molecular weight is 377 g/mol. The van der Waals surface area contributed by atoms with Crippen molar-refractivity contribution in [2.75, 3.05) is 18.6 Å². The highest BCUT2D eigenvalue weighted by molar-refractivity contribution is 5.63. The summed E-state index contributed by atoms with van der Waals surface area (Å²) < 4.78 is 19.2. The van der Waals surface area contributed by atoms with Crippen LogP contribution in [0.4, 0.5) is 10.1 Å². The van der Waals surface area contributed by atoms with Gasteiger partial charge in [-0.3, -0.25) is 0 Å². The van der Waals surface area contributed by atoms with Crippen LogP contribution in [-0.4, -0.2) is 18.8 Å². The number of phenolic OH excluding ortho intramolecular Hbond substituents is 1. The van der Waals surface area contributed by atoms with E-state index in [9.17, 15) is 9.50 Å². The van der Waals surface area contributed by atoms with Crippen LogP contribution in [0.2, 0.25) is 0 Å². The SMILES string of the molecule is COc1ccc2c(c1)CCN(c1ccc(F)cc1C)C2(C)c1ccc(O)cc1. The maximum Gasteiger partial charge on any atom is 0.123 e. The molecule has 1 aliphatic heterocycles. The van der Waals surface area contributed by atoms with Crippen LogP contribution in [0.1, 0.15) is 29.2 Å². The van der Waals surface area contributed by atoms with E-state index in [-0.39, 0.29) is 11.6 Å². The molecular weight excluding hydrogens is 353 g/mol. The second kappa shape index (κ2) is 6.86. The van der Waals surface area contributed by atoms with E-state index in [1.165, 1.54) is 17.2 Å². The normalized spacial score (nSPS) is 18.6. The second-order valence-electron chi connectivity index (χ2n) is 7.47. The maximum absolute atomic E-state index is 13.7. The van der Waals surface area contributed by atoms with Gasteiger partial charge in [-0.1, -0.05) is 18.2 Å². The number of hydrogen-bond donors (Lipinski definition) is 1. The molecule has 0 aromatic heterocycles. The molecule has 1 unspecified atom stereocenters. The third kappa shape index (κ3) is 2.89. The monoisotopic (exact) mass is 377 g/mol. The first-order valence-electron chi connectivity index (χ1n) is 9.44. The minimum absolute atomic E-state index is 0.227. The number of fused-ring (bicyclic) bond motifs is 1. The van der Waals surface area contributed by atoms with E-state index in [0.29, 0.717) is 0 Å². The third-order valence-corrected chi connectivity index (χ3v) is 5.86. The van der Waals surface area contributed by atoms with Crippen LogP contribution < -0.4 is 9.64 Å². The van der Waals surface area contributed by atoms with Gasteiger partial charge in [0.05, 0.1) is 12.6 Å². The van der Waals surface area contributed by atoms with Gasteiger partial charge in [0.2, 0.25) is 0 Å². The summed E-state index contributed by atoms with van der Waals surface area (Å²) in [5.74, 6) is 0.857. The Hall–Kier alpha value is -3.01. The number of halogens is 1. The minimum atomic E-state index is -0.462. The Kier molecular flexibility index (Phi) is 4.50. The molecule has 3 aromatic rings. The fourth-order valence-electron chi connectivity index (χ4n) is 4.36. The van der Waals surface area contributed by atoms with Gasteiger partial charge in [0.1, 0.15) is 17.3 Å². The number of ether oxygens (including phenoxy) is 1. The largest absolute Gasteiger partial charge is 0.508 e. The molecule has 4 heteroatoms. The number of anilines is 1. The zero-order valence-corrected chi connectivity index (χ0v) is 16.4. The lowest BCUT2D eigenvalue weighted by molar-refractivity contribution is 0.411. The zero-order chi connectivity index (χ0) is 19.9. The van der Waals surface area contributed by atoms with Gasteiger partial charge < -0.3 is 14.7 Å². The van der Waals surface area contributed by atoms with Gasteiger partial charge in [0.25, 0.3) is 0 Å². The number of nitrogens with zero attached hydrogens (tertiary/aromatic N) is 1. The van der Waals surface area contributed by atoms with Crippen molar-refractivity contribution in [3.8, 4) is 11.5 Å². The van der Waals surface area contributed by atoms with Crippen molar-refractivity contribution in [2.24, 2.45) is 0 Å². The van der Waals surface area contributed by atoms with Crippen molar-refractivity contribution < 1.29 is 14.2 Å².